The minimum absolute atomic E-state index is 0. The van der Waals surface area contributed by atoms with E-state index in [9.17, 15) is 9.18 Å². The molecule has 2 aromatic heterocycles. The Morgan fingerprint density at radius 1 is 1.12 bits per heavy atom. The number of hydrogen-bond acceptors (Lipinski definition) is 5. The maximum atomic E-state index is 14.1. The largest absolute Gasteiger partial charge is 0.493 e. The van der Waals surface area contributed by atoms with Gasteiger partial charge in [-0.3, -0.25) is 4.79 Å². The van der Waals surface area contributed by atoms with Crippen LogP contribution in [0, 0.1) is 5.82 Å². The smallest absolute Gasteiger partial charge is 0.254 e. The molecule has 2 unspecified atom stereocenters. The van der Waals surface area contributed by atoms with Gasteiger partial charge in [-0.05, 0) is 35.2 Å². The lowest BCUT2D eigenvalue weighted by Crippen LogP contribution is -2.33. The van der Waals surface area contributed by atoms with Gasteiger partial charge in [-0.15, -0.1) is 11.3 Å². The van der Waals surface area contributed by atoms with E-state index in [1.54, 1.807) is 20.3 Å². The highest BCUT2D eigenvalue weighted by atomic mass is 32.1. The molecular formula is C24H21FN2O4S. The van der Waals surface area contributed by atoms with Crippen molar-refractivity contribution in [2.24, 2.45) is 7.05 Å². The van der Waals surface area contributed by atoms with Gasteiger partial charge < -0.3 is 24.1 Å². The van der Waals surface area contributed by atoms with Gasteiger partial charge in [0, 0.05) is 47.3 Å². The van der Waals surface area contributed by atoms with Crippen molar-refractivity contribution >= 4 is 49.4 Å². The lowest BCUT2D eigenvalue weighted by Gasteiger charge is -2.18. The lowest BCUT2D eigenvalue weighted by atomic mass is 9.89. The average molecular weight is 453 g/mol. The van der Waals surface area contributed by atoms with Crippen LogP contribution in [0.5, 0.6) is 11.5 Å². The van der Waals surface area contributed by atoms with Crippen LogP contribution in [0.25, 0.3) is 32.1 Å². The van der Waals surface area contributed by atoms with Crippen LogP contribution in [0.3, 0.4) is 0 Å². The molecule has 4 heterocycles. The summed E-state index contributed by atoms with van der Waals surface area (Å²) in [4.78, 5) is 13.3. The van der Waals surface area contributed by atoms with Crippen molar-refractivity contribution in [3.8, 4) is 11.5 Å². The Morgan fingerprint density at radius 2 is 1.91 bits per heavy atom. The number of thiophene rings is 1. The Balaban J connectivity index is 0.00000228. The summed E-state index contributed by atoms with van der Waals surface area (Å²) in [5.74, 6) is 0.668. The minimum Gasteiger partial charge on any atom is -0.493 e. The number of aryl methyl sites for hydroxylation is 1. The number of hydrogen-bond donors (Lipinski definition) is 1. The third-order valence-electron chi connectivity index (χ3n) is 6.14. The summed E-state index contributed by atoms with van der Waals surface area (Å²) in [6, 6.07) is 8.51. The summed E-state index contributed by atoms with van der Waals surface area (Å²) in [6.45, 7) is 0. The van der Waals surface area contributed by atoms with Gasteiger partial charge in [0.15, 0.2) is 17.7 Å². The van der Waals surface area contributed by atoms with Crippen LogP contribution in [-0.2, 0) is 16.6 Å². The topological polar surface area (TPSA) is 65.0 Å². The van der Waals surface area contributed by atoms with Gasteiger partial charge in [0.05, 0.1) is 25.3 Å². The molecule has 4 aromatic rings. The molecular weight excluding hydrogens is 431 g/mol. The van der Waals surface area contributed by atoms with Gasteiger partial charge >= 0.3 is 0 Å². The van der Waals surface area contributed by atoms with Crippen LogP contribution < -0.4 is 14.8 Å². The van der Waals surface area contributed by atoms with Crippen LogP contribution in [0.2, 0.25) is 0 Å². The second kappa shape index (κ2) is 6.82. The summed E-state index contributed by atoms with van der Waals surface area (Å²) in [5.41, 5.74) is 3.82. The Labute approximate surface area is 188 Å². The predicted octanol–water partition coefficient (Wildman–Crippen LogP) is 4.56. The van der Waals surface area contributed by atoms with Crippen molar-refractivity contribution in [1.29, 1.82) is 0 Å². The number of nitrogens with zero attached hydrogens (tertiary/aromatic N) is 1. The second-order valence-electron chi connectivity index (χ2n) is 7.91. The zero-order valence-corrected chi connectivity index (χ0v) is 18.4. The fourth-order valence-electron chi connectivity index (χ4n) is 4.58. The zero-order chi connectivity index (χ0) is 22.1. The van der Waals surface area contributed by atoms with E-state index in [-0.39, 0.29) is 25.5 Å². The summed E-state index contributed by atoms with van der Waals surface area (Å²) in [6.07, 6.45) is 1.31. The average Bonchev–Trinajstić information content (AvgIpc) is 3.33. The Kier molecular flexibility index (Phi) is 4.12. The number of carbonyl (C=O) groups is 1. The highest BCUT2D eigenvalue weighted by Crippen LogP contribution is 2.48. The summed E-state index contributed by atoms with van der Waals surface area (Å²) < 4.78 is 33.7. The first kappa shape index (κ1) is 19.3. The molecule has 6 rings (SSSR count). The molecule has 0 aliphatic carbocycles. The standard InChI is InChI=1S/C24H19FN2O4S.H2/c1-27-9-14(12-7-17(29-2)18(30-3)8-16(12)27)21-20(22-24(31-22)26-23(21)28)15-10-32-19-5-4-11(25)6-13(15)19;/h4-10,22,24H,1-3H3,(H,26,28);1H. The SMILES string of the molecule is COc1cc2c(C3=C(c4csc5ccc(F)cc45)C4OC4NC3=O)cn(C)c2cc1OC.[HH]. The van der Waals surface area contributed by atoms with Crippen LogP contribution in [0.4, 0.5) is 4.39 Å². The van der Waals surface area contributed by atoms with Gasteiger partial charge in [-0.2, -0.15) is 0 Å². The first-order chi connectivity index (χ1) is 15.5. The molecule has 2 aromatic carbocycles. The van der Waals surface area contributed by atoms with Crippen molar-refractivity contribution < 1.29 is 24.8 Å². The summed E-state index contributed by atoms with van der Waals surface area (Å²) >= 11 is 1.53. The van der Waals surface area contributed by atoms with Crippen molar-refractivity contribution in [3.63, 3.8) is 0 Å². The van der Waals surface area contributed by atoms with Gasteiger partial charge in [0.25, 0.3) is 5.91 Å². The Hall–Kier alpha value is -3.36. The normalized spacial score (nSPS) is 19.9. The molecule has 1 fully saturated rings. The number of benzene rings is 2. The third kappa shape index (κ3) is 2.69. The fraction of sp³-hybridized carbons (Fsp3) is 0.208. The molecule has 8 heteroatoms. The molecule has 164 valence electrons. The van der Waals surface area contributed by atoms with Crippen molar-refractivity contribution in [2.45, 2.75) is 12.3 Å². The molecule has 1 amide bonds. The van der Waals surface area contributed by atoms with E-state index in [2.05, 4.69) is 5.32 Å². The molecule has 6 nitrogen and oxygen atoms in total. The van der Waals surface area contributed by atoms with Crippen LogP contribution in [-0.4, -0.2) is 37.0 Å². The summed E-state index contributed by atoms with van der Waals surface area (Å²) in [5, 5.41) is 6.54. The van der Waals surface area contributed by atoms with E-state index in [0.717, 1.165) is 37.7 Å². The molecule has 0 spiro atoms. The van der Waals surface area contributed by atoms with E-state index >= 15 is 0 Å². The highest BCUT2D eigenvalue weighted by molar-refractivity contribution is 7.17. The number of epoxide rings is 1. The Morgan fingerprint density at radius 3 is 2.69 bits per heavy atom. The van der Waals surface area contributed by atoms with E-state index in [1.807, 2.05) is 35.3 Å². The number of methoxy groups -OCH3 is 2. The molecule has 2 aliphatic rings. The molecule has 2 aliphatic heterocycles. The van der Waals surface area contributed by atoms with Gasteiger partial charge in [-0.25, -0.2) is 4.39 Å². The minimum atomic E-state index is -0.352. The quantitative estimate of drug-likeness (QED) is 0.461. The van der Waals surface area contributed by atoms with Crippen LogP contribution in [0.15, 0.2) is 41.9 Å². The van der Waals surface area contributed by atoms with E-state index in [0.29, 0.717) is 17.1 Å². The van der Waals surface area contributed by atoms with E-state index < -0.39 is 0 Å². The van der Waals surface area contributed by atoms with E-state index in [1.165, 1.54) is 23.5 Å². The maximum absolute atomic E-state index is 14.1. The lowest BCUT2D eigenvalue weighted by molar-refractivity contribution is -0.116. The summed E-state index contributed by atoms with van der Waals surface area (Å²) in [7, 11) is 5.09. The van der Waals surface area contributed by atoms with Gasteiger partial charge in [0.2, 0.25) is 0 Å². The molecule has 1 saturated heterocycles. The van der Waals surface area contributed by atoms with Crippen molar-refractivity contribution in [3.05, 3.63) is 58.9 Å². The first-order valence-corrected chi connectivity index (χ1v) is 11.0. The number of halogens is 1. The fourth-order valence-corrected chi connectivity index (χ4v) is 5.52. The molecule has 1 N–H and O–H groups in total. The monoisotopic (exact) mass is 452 g/mol. The third-order valence-corrected chi connectivity index (χ3v) is 7.10. The van der Waals surface area contributed by atoms with Gasteiger partial charge in [0.1, 0.15) is 11.9 Å². The van der Waals surface area contributed by atoms with Gasteiger partial charge in [-0.1, -0.05) is 0 Å². The number of amides is 1. The number of rotatable bonds is 4. The molecule has 0 bridgehead atoms. The zero-order valence-electron chi connectivity index (χ0n) is 17.6. The highest BCUT2D eigenvalue weighted by Gasteiger charge is 2.50. The maximum Gasteiger partial charge on any atom is 0.254 e. The molecule has 0 saturated carbocycles. The van der Waals surface area contributed by atoms with Crippen molar-refractivity contribution in [1.82, 2.24) is 9.88 Å². The Bertz CT molecular complexity index is 1470. The van der Waals surface area contributed by atoms with Crippen LogP contribution in [0.1, 0.15) is 12.6 Å². The molecule has 0 radical (unpaired) electrons. The number of carbonyl (C=O) groups excluding carboxylic acids is 1. The molecule has 2 atom stereocenters. The predicted molar refractivity (Wildman–Crippen MR) is 124 cm³/mol. The van der Waals surface area contributed by atoms with E-state index in [4.69, 9.17) is 14.2 Å². The van der Waals surface area contributed by atoms with Crippen LogP contribution >= 0.6 is 11.3 Å². The van der Waals surface area contributed by atoms with Crippen molar-refractivity contribution in [2.75, 3.05) is 14.2 Å². The number of ether oxygens (including phenoxy) is 3. The first-order valence-electron chi connectivity index (χ1n) is 10.1. The number of aromatic nitrogens is 1. The molecule has 32 heavy (non-hydrogen) atoms. The second-order valence-corrected chi connectivity index (χ2v) is 8.82. The number of nitrogens with one attached hydrogen (secondary N) is 1. The number of fused-ring (bicyclic) bond motifs is 3.